The number of thiazole rings is 1. The Morgan fingerprint density at radius 3 is 2.71 bits per heavy atom. The van der Waals surface area contributed by atoms with Crippen molar-refractivity contribution in [2.75, 3.05) is 20.2 Å². The zero-order valence-electron chi connectivity index (χ0n) is 21.2. The smallest absolute Gasteiger partial charge is 0.312 e. The van der Waals surface area contributed by atoms with E-state index in [2.05, 4.69) is 39.7 Å². The molecule has 8 heteroatoms. The van der Waals surface area contributed by atoms with Gasteiger partial charge < -0.3 is 14.5 Å². The van der Waals surface area contributed by atoms with Gasteiger partial charge >= 0.3 is 11.8 Å². The minimum Gasteiger partial charge on any atom is -0.496 e. The second-order valence-corrected chi connectivity index (χ2v) is 11.4. The van der Waals surface area contributed by atoms with Gasteiger partial charge in [0.15, 0.2) is 0 Å². The first-order valence-electron chi connectivity index (χ1n) is 12.0. The summed E-state index contributed by atoms with van der Waals surface area (Å²) in [6, 6.07) is 3.92. The summed E-state index contributed by atoms with van der Waals surface area (Å²) in [5.41, 5.74) is 3.57. The Labute approximate surface area is 221 Å². The maximum atomic E-state index is 13.5. The Balaban J connectivity index is 1.68. The number of nitrogens with zero attached hydrogens (tertiary/aromatic N) is 3. The van der Waals surface area contributed by atoms with E-state index in [1.807, 2.05) is 32.9 Å². The lowest BCUT2D eigenvalue weighted by molar-refractivity contribution is -0.156. The number of aromatic nitrogens is 1. The fourth-order valence-electron chi connectivity index (χ4n) is 4.43. The number of halogens is 1. The number of fused-ring (bicyclic) bond motifs is 1. The van der Waals surface area contributed by atoms with Gasteiger partial charge in [-0.05, 0) is 85.6 Å². The molecule has 35 heavy (non-hydrogen) atoms. The molecular weight excluding hydrogens is 526 g/mol. The lowest BCUT2D eigenvalue weighted by Gasteiger charge is -2.40. The number of benzene rings is 1. The molecular formula is C27H34BrN3O3S. The van der Waals surface area contributed by atoms with Crippen molar-refractivity contribution in [1.82, 2.24) is 14.8 Å². The van der Waals surface area contributed by atoms with Crippen LogP contribution in [-0.2, 0) is 16.0 Å². The van der Waals surface area contributed by atoms with Crippen molar-refractivity contribution in [3.8, 4) is 17.6 Å². The first kappa shape index (κ1) is 27.2. The Hall–Kier alpha value is -2.37. The highest BCUT2D eigenvalue weighted by Crippen LogP contribution is 2.38. The van der Waals surface area contributed by atoms with Gasteiger partial charge in [-0.1, -0.05) is 18.8 Å². The van der Waals surface area contributed by atoms with E-state index in [1.165, 1.54) is 16.9 Å². The van der Waals surface area contributed by atoms with Crippen LogP contribution in [0.25, 0.3) is 0 Å². The average Bonchev–Trinajstić information content (AvgIpc) is 3.34. The molecule has 6 nitrogen and oxygen atoms in total. The summed E-state index contributed by atoms with van der Waals surface area (Å²) in [4.78, 5) is 35.4. The third kappa shape index (κ3) is 6.65. The van der Waals surface area contributed by atoms with E-state index in [9.17, 15) is 9.59 Å². The van der Waals surface area contributed by atoms with E-state index in [4.69, 9.17) is 4.74 Å². The zero-order chi connectivity index (χ0) is 25.6. The topological polar surface area (TPSA) is 62.7 Å². The molecule has 1 aromatic heterocycles. The van der Waals surface area contributed by atoms with E-state index >= 15 is 0 Å². The molecule has 0 aliphatic carbocycles. The second kappa shape index (κ2) is 12.0. The van der Waals surface area contributed by atoms with Crippen LogP contribution < -0.4 is 4.74 Å². The number of ether oxygens (including phenoxy) is 1. The standard InChI is InChI=1S/C27H34BrN3O3S/c1-6-23-21-16-22(28)24(34-5)15-19(21)12-14-30(23)25(32)26(33)31(27(2,3)4)13-10-8-7-9-11-20-17-29-18-35-20/h15-18,23H,6-8,10,12-14H2,1-5H3. The molecule has 1 aliphatic heterocycles. The number of unbranched alkanes of at least 4 members (excludes halogenated alkanes) is 2. The van der Waals surface area contributed by atoms with Gasteiger partial charge in [0.25, 0.3) is 0 Å². The Morgan fingerprint density at radius 2 is 2.09 bits per heavy atom. The van der Waals surface area contributed by atoms with Crippen molar-refractivity contribution in [2.24, 2.45) is 0 Å². The number of carbonyl (C=O) groups excluding carboxylic acids is 2. The van der Waals surface area contributed by atoms with Gasteiger partial charge in [0.2, 0.25) is 0 Å². The number of methoxy groups -OCH3 is 1. The van der Waals surface area contributed by atoms with Crippen molar-refractivity contribution in [3.63, 3.8) is 0 Å². The van der Waals surface area contributed by atoms with Crippen LogP contribution in [0.4, 0.5) is 0 Å². The number of rotatable bonds is 6. The molecule has 1 atom stereocenters. The number of carbonyl (C=O) groups is 2. The molecule has 1 aromatic carbocycles. The zero-order valence-corrected chi connectivity index (χ0v) is 23.6. The minimum atomic E-state index is -0.452. The van der Waals surface area contributed by atoms with Gasteiger partial charge in [-0.2, -0.15) is 0 Å². The molecule has 3 rings (SSSR count). The highest BCUT2D eigenvalue weighted by molar-refractivity contribution is 9.10. The first-order chi connectivity index (χ1) is 16.7. The van der Waals surface area contributed by atoms with Crippen molar-refractivity contribution < 1.29 is 14.3 Å². The molecule has 2 heterocycles. The Morgan fingerprint density at radius 1 is 1.31 bits per heavy atom. The predicted octanol–water partition coefficient (Wildman–Crippen LogP) is 5.60. The maximum absolute atomic E-state index is 13.5. The normalized spacial score (nSPS) is 15.1. The van der Waals surface area contributed by atoms with E-state index in [0.29, 0.717) is 19.5 Å². The van der Waals surface area contributed by atoms with Gasteiger partial charge in [0.1, 0.15) is 5.75 Å². The number of hydrogen-bond acceptors (Lipinski definition) is 5. The highest BCUT2D eigenvalue weighted by atomic mass is 79.9. The van der Waals surface area contributed by atoms with Crippen LogP contribution in [0.15, 0.2) is 28.3 Å². The Bertz CT molecular complexity index is 1100. The van der Waals surface area contributed by atoms with Crippen LogP contribution in [0.1, 0.15) is 75.4 Å². The molecule has 0 spiro atoms. The van der Waals surface area contributed by atoms with Crippen molar-refractivity contribution in [3.05, 3.63) is 44.3 Å². The molecule has 0 bridgehead atoms. The van der Waals surface area contributed by atoms with E-state index in [0.717, 1.165) is 46.3 Å². The summed E-state index contributed by atoms with van der Waals surface area (Å²) in [5.74, 6) is 6.21. The lowest BCUT2D eigenvalue weighted by Crippen LogP contribution is -2.54. The van der Waals surface area contributed by atoms with Gasteiger partial charge in [-0.15, -0.1) is 11.3 Å². The molecule has 1 aliphatic rings. The number of hydrogen-bond donors (Lipinski definition) is 0. The maximum Gasteiger partial charge on any atom is 0.312 e. The summed E-state index contributed by atoms with van der Waals surface area (Å²) in [5, 5.41) is 0. The van der Waals surface area contributed by atoms with E-state index < -0.39 is 17.4 Å². The van der Waals surface area contributed by atoms with Crippen LogP contribution in [0.5, 0.6) is 5.75 Å². The number of amides is 2. The summed E-state index contributed by atoms with van der Waals surface area (Å²) in [6.07, 6.45) is 5.60. The molecule has 1 unspecified atom stereocenters. The molecule has 2 aromatic rings. The van der Waals surface area contributed by atoms with Crippen molar-refractivity contribution in [2.45, 2.75) is 71.4 Å². The molecule has 0 fully saturated rings. The third-order valence-corrected chi connectivity index (χ3v) is 7.54. The molecule has 0 N–H and O–H groups in total. The van der Waals surface area contributed by atoms with Gasteiger partial charge in [-0.3, -0.25) is 14.6 Å². The Kier molecular flexibility index (Phi) is 9.37. The van der Waals surface area contributed by atoms with Crippen LogP contribution in [0, 0.1) is 11.8 Å². The van der Waals surface area contributed by atoms with E-state index in [1.54, 1.807) is 28.6 Å². The summed E-state index contributed by atoms with van der Waals surface area (Å²) in [6.45, 7) is 9.04. The molecule has 0 saturated carbocycles. The van der Waals surface area contributed by atoms with Crippen LogP contribution in [-0.4, -0.2) is 52.3 Å². The molecule has 188 valence electrons. The molecule has 0 radical (unpaired) electrons. The summed E-state index contributed by atoms with van der Waals surface area (Å²) >= 11 is 5.10. The minimum absolute atomic E-state index is 0.138. The SMILES string of the molecule is CCC1c2cc(Br)c(OC)cc2CCN1C(=O)C(=O)N(CCCCC#Cc1cncs1)C(C)(C)C. The monoisotopic (exact) mass is 559 g/mol. The van der Waals surface area contributed by atoms with Crippen molar-refractivity contribution >= 4 is 39.1 Å². The highest BCUT2D eigenvalue weighted by Gasteiger charge is 2.38. The van der Waals surface area contributed by atoms with Crippen LogP contribution in [0.3, 0.4) is 0 Å². The van der Waals surface area contributed by atoms with E-state index in [-0.39, 0.29) is 6.04 Å². The van der Waals surface area contributed by atoms with Gasteiger partial charge in [0.05, 0.1) is 34.2 Å². The van der Waals surface area contributed by atoms with Crippen molar-refractivity contribution in [1.29, 1.82) is 0 Å². The van der Waals surface area contributed by atoms with Gasteiger partial charge in [0, 0.05) is 25.0 Å². The first-order valence-corrected chi connectivity index (χ1v) is 13.7. The van der Waals surface area contributed by atoms with Gasteiger partial charge in [-0.25, -0.2) is 0 Å². The quantitative estimate of drug-likeness (QED) is 0.262. The second-order valence-electron chi connectivity index (χ2n) is 9.61. The largest absolute Gasteiger partial charge is 0.496 e. The fourth-order valence-corrected chi connectivity index (χ4v) is 5.44. The summed E-state index contributed by atoms with van der Waals surface area (Å²) in [7, 11) is 1.65. The summed E-state index contributed by atoms with van der Waals surface area (Å²) < 4.78 is 6.30. The third-order valence-electron chi connectivity index (χ3n) is 6.23. The molecule has 2 amide bonds. The lowest BCUT2D eigenvalue weighted by atomic mass is 9.90. The molecule has 0 saturated heterocycles. The predicted molar refractivity (Wildman–Crippen MR) is 143 cm³/mol. The fraction of sp³-hybridized carbons (Fsp3) is 0.519. The van der Waals surface area contributed by atoms with Crippen LogP contribution in [0.2, 0.25) is 0 Å². The average molecular weight is 561 g/mol. The van der Waals surface area contributed by atoms with Crippen LogP contribution >= 0.6 is 27.3 Å².